The first-order chi connectivity index (χ1) is 6.77. The Balaban J connectivity index is 2.18. The van der Waals surface area contributed by atoms with Crippen molar-refractivity contribution in [2.45, 2.75) is 38.5 Å². The molecular weight excluding hydrogens is 172 g/mol. The third-order valence-electron chi connectivity index (χ3n) is 3.26. The maximum atomic E-state index is 5.93. The van der Waals surface area contributed by atoms with Crippen LogP contribution < -0.4 is 5.73 Å². The SMILES string of the molecule is C[C@@H]1CCC[C@H](c2ccncc2N)C1. The molecule has 2 nitrogen and oxygen atoms in total. The predicted molar refractivity (Wildman–Crippen MR) is 59.0 cm³/mol. The molecule has 1 aliphatic carbocycles. The Morgan fingerprint density at radius 2 is 2.29 bits per heavy atom. The number of rotatable bonds is 1. The highest BCUT2D eigenvalue weighted by atomic mass is 14.7. The summed E-state index contributed by atoms with van der Waals surface area (Å²) in [5.74, 6) is 1.52. The summed E-state index contributed by atoms with van der Waals surface area (Å²) >= 11 is 0. The van der Waals surface area contributed by atoms with Crippen molar-refractivity contribution in [3.63, 3.8) is 0 Å². The summed E-state index contributed by atoms with van der Waals surface area (Å²) in [4.78, 5) is 4.03. The fourth-order valence-corrected chi connectivity index (χ4v) is 2.51. The molecule has 1 aliphatic rings. The number of nitrogens with two attached hydrogens (primary N) is 1. The molecule has 1 saturated carbocycles. The monoisotopic (exact) mass is 190 g/mol. The van der Waals surface area contributed by atoms with Gasteiger partial charge in [-0.2, -0.15) is 0 Å². The van der Waals surface area contributed by atoms with Crippen LogP contribution in [0.4, 0.5) is 5.69 Å². The summed E-state index contributed by atoms with van der Waals surface area (Å²) in [6.45, 7) is 2.34. The lowest BCUT2D eigenvalue weighted by atomic mass is 9.79. The van der Waals surface area contributed by atoms with Crippen LogP contribution in [-0.2, 0) is 0 Å². The molecule has 14 heavy (non-hydrogen) atoms. The van der Waals surface area contributed by atoms with Crippen molar-refractivity contribution in [1.82, 2.24) is 4.98 Å². The van der Waals surface area contributed by atoms with E-state index in [1.165, 1.54) is 31.2 Å². The minimum absolute atomic E-state index is 0.668. The minimum atomic E-state index is 0.668. The van der Waals surface area contributed by atoms with Gasteiger partial charge in [-0.15, -0.1) is 0 Å². The Labute approximate surface area is 85.5 Å². The fraction of sp³-hybridized carbons (Fsp3) is 0.583. The smallest absolute Gasteiger partial charge is 0.0535 e. The van der Waals surface area contributed by atoms with Crippen molar-refractivity contribution in [1.29, 1.82) is 0 Å². The van der Waals surface area contributed by atoms with E-state index in [1.54, 1.807) is 6.20 Å². The molecular formula is C12H18N2. The fourth-order valence-electron chi connectivity index (χ4n) is 2.51. The van der Waals surface area contributed by atoms with E-state index in [4.69, 9.17) is 5.73 Å². The Morgan fingerprint density at radius 1 is 1.43 bits per heavy atom. The van der Waals surface area contributed by atoms with E-state index in [9.17, 15) is 0 Å². The Bertz CT molecular complexity index is 309. The van der Waals surface area contributed by atoms with Gasteiger partial charge in [0.1, 0.15) is 0 Å². The first-order valence-electron chi connectivity index (χ1n) is 5.46. The van der Waals surface area contributed by atoms with Gasteiger partial charge in [-0.05, 0) is 36.3 Å². The minimum Gasteiger partial charge on any atom is -0.397 e. The molecule has 1 aromatic heterocycles. The Morgan fingerprint density at radius 3 is 3.00 bits per heavy atom. The largest absolute Gasteiger partial charge is 0.397 e. The molecule has 2 rings (SSSR count). The quantitative estimate of drug-likeness (QED) is 0.739. The van der Waals surface area contributed by atoms with Crippen LogP contribution in [0.25, 0.3) is 0 Å². The van der Waals surface area contributed by atoms with Crippen LogP contribution >= 0.6 is 0 Å². The van der Waals surface area contributed by atoms with E-state index in [2.05, 4.69) is 18.0 Å². The zero-order chi connectivity index (χ0) is 9.97. The zero-order valence-corrected chi connectivity index (χ0v) is 8.74. The summed E-state index contributed by atoms with van der Waals surface area (Å²) in [5.41, 5.74) is 8.11. The number of hydrogen-bond acceptors (Lipinski definition) is 2. The van der Waals surface area contributed by atoms with E-state index in [1.807, 2.05) is 6.20 Å². The molecule has 0 amide bonds. The van der Waals surface area contributed by atoms with Crippen LogP contribution in [0.5, 0.6) is 0 Å². The van der Waals surface area contributed by atoms with Crippen LogP contribution in [0.1, 0.15) is 44.1 Å². The van der Waals surface area contributed by atoms with Crippen molar-refractivity contribution in [2.24, 2.45) is 5.92 Å². The highest BCUT2D eigenvalue weighted by Crippen LogP contribution is 2.37. The summed E-state index contributed by atoms with van der Waals surface area (Å²) in [6.07, 6.45) is 8.92. The molecule has 0 radical (unpaired) electrons. The number of aromatic nitrogens is 1. The van der Waals surface area contributed by atoms with E-state index in [0.29, 0.717) is 5.92 Å². The maximum absolute atomic E-state index is 5.93. The van der Waals surface area contributed by atoms with Crippen LogP contribution in [-0.4, -0.2) is 4.98 Å². The molecule has 2 N–H and O–H groups in total. The van der Waals surface area contributed by atoms with E-state index in [-0.39, 0.29) is 0 Å². The van der Waals surface area contributed by atoms with Crippen molar-refractivity contribution < 1.29 is 0 Å². The molecule has 1 aromatic rings. The van der Waals surface area contributed by atoms with Crippen molar-refractivity contribution >= 4 is 5.69 Å². The normalized spacial score (nSPS) is 27.5. The first kappa shape index (κ1) is 9.50. The molecule has 0 aromatic carbocycles. The molecule has 0 saturated heterocycles. The molecule has 1 heterocycles. The second-order valence-corrected chi connectivity index (χ2v) is 4.47. The van der Waals surface area contributed by atoms with Gasteiger partial charge in [0, 0.05) is 6.20 Å². The number of anilines is 1. The lowest BCUT2D eigenvalue weighted by Crippen LogP contribution is -2.13. The second-order valence-electron chi connectivity index (χ2n) is 4.47. The Hall–Kier alpha value is -1.05. The Kier molecular flexibility index (Phi) is 2.71. The molecule has 2 atom stereocenters. The molecule has 0 bridgehead atoms. The van der Waals surface area contributed by atoms with E-state index < -0.39 is 0 Å². The summed E-state index contributed by atoms with van der Waals surface area (Å²) < 4.78 is 0. The van der Waals surface area contributed by atoms with Gasteiger partial charge in [0.25, 0.3) is 0 Å². The molecule has 76 valence electrons. The summed E-state index contributed by atoms with van der Waals surface area (Å²) in [6, 6.07) is 2.08. The van der Waals surface area contributed by atoms with Gasteiger partial charge in [0.15, 0.2) is 0 Å². The van der Waals surface area contributed by atoms with Crippen molar-refractivity contribution in [3.05, 3.63) is 24.0 Å². The zero-order valence-electron chi connectivity index (χ0n) is 8.74. The predicted octanol–water partition coefficient (Wildman–Crippen LogP) is 2.96. The van der Waals surface area contributed by atoms with Crippen LogP contribution in [0.3, 0.4) is 0 Å². The highest BCUT2D eigenvalue weighted by Gasteiger charge is 2.21. The van der Waals surface area contributed by atoms with Gasteiger partial charge in [-0.3, -0.25) is 4.98 Å². The molecule has 2 heteroatoms. The van der Waals surface area contributed by atoms with Gasteiger partial charge >= 0.3 is 0 Å². The third-order valence-corrected chi connectivity index (χ3v) is 3.26. The number of hydrogen-bond donors (Lipinski definition) is 1. The van der Waals surface area contributed by atoms with Crippen LogP contribution in [0.15, 0.2) is 18.5 Å². The van der Waals surface area contributed by atoms with Crippen LogP contribution in [0.2, 0.25) is 0 Å². The molecule has 0 spiro atoms. The van der Waals surface area contributed by atoms with E-state index >= 15 is 0 Å². The number of nitrogens with zero attached hydrogens (tertiary/aromatic N) is 1. The van der Waals surface area contributed by atoms with Gasteiger partial charge in [-0.1, -0.05) is 19.8 Å². The number of pyridine rings is 1. The standard InChI is InChI=1S/C12H18N2/c1-9-3-2-4-10(7-9)11-5-6-14-8-12(11)13/h5-6,8-10H,2-4,7,13H2,1H3/t9-,10+/m1/s1. The van der Waals surface area contributed by atoms with Gasteiger partial charge in [0.05, 0.1) is 11.9 Å². The lowest BCUT2D eigenvalue weighted by molar-refractivity contribution is 0.344. The topological polar surface area (TPSA) is 38.9 Å². The number of nitrogen functional groups attached to an aromatic ring is 1. The highest BCUT2D eigenvalue weighted by molar-refractivity contribution is 5.46. The van der Waals surface area contributed by atoms with Crippen molar-refractivity contribution in [3.8, 4) is 0 Å². The molecule has 0 aliphatic heterocycles. The molecule has 1 fully saturated rings. The molecule has 0 unspecified atom stereocenters. The van der Waals surface area contributed by atoms with Crippen molar-refractivity contribution in [2.75, 3.05) is 5.73 Å². The second kappa shape index (κ2) is 3.99. The first-order valence-corrected chi connectivity index (χ1v) is 5.46. The van der Waals surface area contributed by atoms with Gasteiger partial charge in [-0.25, -0.2) is 0 Å². The average Bonchev–Trinajstić information content (AvgIpc) is 2.18. The van der Waals surface area contributed by atoms with E-state index in [0.717, 1.165) is 11.6 Å². The van der Waals surface area contributed by atoms with Gasteiger partial charge < -0.3 is 5.73 Å². The third kappa shape index (κ3) is 1.89. The maximum Gasteiger partial charge on any atom is 0.0535 e. The average molecular weight is 190 g/mol. The lowest BCUT2D eigenvalue weighted by Gasteiger charge is -2.27. The van der Waals surface area contributed by atoms with Crippen LogP contribution in [0, 0.1) is 5.92 Å². The van der Waals surface area contributed by atoms with Gasteiger partial charge in [0.2, 0.25) is 0 Å². The summed E-state index contributed by atoms with van der Waals surface area (Å²) in [7, 11) is 0. The summed E-state index contributed by atoms with van der Waals surface area (Å²) in [5, 5.41) is 0.